The molecule has 96 valence electrons. The van der Waals surface area contributed by atoms with Crippen LogP contribution in [0, 0.1) is 0 Å². The summed E-state index contributed by atoms with van der Waals surface area (Å²) < 4.78 is 3.04. The summed E-state index contributed by atoms with van der Waals surface area (Å²) in [5.41, 5.74) is 1.92. The molecular formula is C13H9BrN2O2S. The monoisotopic (exact) mass is 336 g/mol. The summed E-state index contributed by atoms with van der Waals surface area (Å²) in [4.78, 5) is 16.5. The van der Waals surface area contributed by atoms with Crippen molar-refractivity contribution in [2.45, 2.75) is 6.54 Å². The number of carboxylic acids is 1. The maximum absolute atomic E-state index is 11.0. The number of aromatic nitrogens is 2. The summed E-state index contributed by atoms with van der Waals surface area (Å²) >= 11 is 5.09. The molecule has 0 unspecified atom stereocenters. The number of carbonyl (C=O) groups is 1. The minimum absolute atomic E-state index is 0.279. The number of aromatic carboxylic acids is 1. The van der Waals surface area contributed by atoms with Crippen LogP contribution >= 0.6 is 27.3 Å². The molecule has 0 spiro atoms. The lowest BCUT2D eigenvalue weighted by Crippen LogP contribution is -1.99. The summed E-state index contributed by atoms with van der Waals surface area (Å²) in [7, 11) is 0. The first-order chi connectivity index (χ1) is 9.13. The number of fused-ring (bicyclic) bond motifs is 1. The third kappa shape index (κ3) is 2.41. The molecule has 0 radical (unpaired) electrons. The molecular weight excluding hydrogens is 328 g/mol. The third-order valence-corrected chi connectivity index (χ3v) is 4.43. The van der Waals surface area contributed by atoms with Gasteiger partial charge in [-0.15, -0.1) is 11.3 Å². The van der Waals surface area contributed by atoms with Gasteiger partial charge in [-0.2, -0.15) is 0 Å². The van der Waals surface area contributed by atoms with E-state index in [9.17, 15) is 4.79 Å². The second-order valence-corrected chi connectivity index (χ2v) is 6.63. The number of hydrogen-bond acceptors (Lipinski definition) is 3. The Morgan fingerprint density at radius 1 is 1.37 bits per heavy atom. The topological polar surface area (TPSA) is 55.1 Å². The smallest absolute Gasteiger partial charge is 0.335 e. The predicted octanol–water partition coefficient (Wildman–Crippen LogP) is 3.61. The Morgan fingerprint density at radius 2 is 2.21 bits per heavy atom. The first-order valence-corrected chi connectivity index (χ1v) is 7.17. The lowest BCUT2D eigenvalue weighted by molar-refractivity contribution is 0.0697. The molecule has 0 aliphatic heterocycles. The fraction of sp³-hybridized carbons (Fsp3) is 0.0769. The van der Waals surface area contributed by atoms with E-state index in [1.165, 1.54) is 4.88 Å². The van der Waals surface area contributed by atoms with Crippen molar-refractivity contribution in [2.75, 3.05) is 0 Å². The molecule has 1 aromatic carbocycles. The zero-order chi connectivity index (χ0) is 13.4. The van der Waals surface area contributed by atoms with Gasteiger partial charge in [0, 0.05) is 4.88 Å². The summed E-state index contributed by atoms with van der Waals surface area (Å²) in [5.74, 6) is -0.923. The van der Waals surface area contributed by atoms with Crippen LogP contribution in [-0.2, 0) is 6.54 Å². The second-order valence-electron chi connectivity index (χ2n) is 4.09. The number of benzene rings is 1. The van der Waals surface area contributed by atoms with Crippen molar-refractivity contribution in [2.24, 2.45) is 0 Å². The van der Waals surface area contributed by atoms with E-state index in [0.29, 0.717) is 6.54 Å². The fourth-order valence-corrected chi connectivity index (χ4v) is 3.40. The fourth-order valence-electron chi connectivity index (χ4n) is 1.92. The average molecular weight is 337 g/mol. The summed E-state index contributed by atoms with van der Waals surface area (Å²) in [6, 6.07) is 9.01. The summed E-state index contributed by atoms with van der Waals surface area (Å²) in [5, 5.41) is 9.03. The van der Waals surface area contributed by atoms with Gasteiger partial charge in [0.25, 0.3) is 0 Å². The molecule has 0 bridgehead atoms. The van der Waals surface area contributed by atoms with Gasteiger partial charge in [-0.3, -0.25) is 0 Å². The predicted molar refractivity (Wildman–Crippen MR) is 77.8 cm³/mol. The Kier molecular flexibility index (Phi) is 3.12. The van der Waals surface area contributed by atoms with E-state index in [0.717, 1.165) is 14.8 Å². The van der Waals surface area contributed by atoms with Crippen LogP contribution in [-0.4, -0.2) is 20.6 Å². The Bertz CT molecular complexity index is 763. The molecule has 6 heteroatoms. The van der Waals surface area contributed by atoms with E-state index in [4.69, 9.17) is 5.11 Å². The van der Waals surface area contributed by atoms with Gasteiger partial charge in [0.2, 0.25) is 0 Å². The van der Waals surface area contributed by atoms with Crippen LogP contribution in [0.4, 0.5) is 0 Å². The maximum atomic E-state index is 11.0. The van der Waals surface area contributed by atoms with Crippen LogP contribution in [0.25, 0.3) is 11.0 Å². The zero-order valence-corrected chi connectivity index (χ0v) is 12.1. The first-order valence-electron chi connectivity index (χ1n) is 5.56. The molecule has 4 nitrogen and oxygen atoms in total. The SMILES string of the molecule is O=C(O)c1ccc2ncn(Cc3ccc(Br)s3)c2c1. The molecule has 0 aliphatic carbocycles. The van der Waals surface area contributed by atoms with Crippen molar-refractivity contribution in [3.05, 3.63) is 50.9 Å². The highest BCUT2D eigenvalue weighted by molar-refractivity contribution is 9.11. The van der Waals surface area contributed by atoms with Crippen LogP contribution in [0.3, 0.4) is 0 Å². The lowest BCUT2D eigenvalue weighted by atomic mass is 10.2. The van der Waals surface area contributed by atoms with Gasteiger partial charge in [0.15, 0.2) is 0 Å². The molecule has 0 saturated carbocycles. The number of thiophene rings is 1. The zero-order valence-electron chi connectivity index (χ0n) is 9.71. The normalized spacial score (nSPS) is 11.0. The standard InChI is InChI=1S/C13H9BrN2O2S/c14-12-4-2-9(19-12)6-16-7-15-10-3-1-8(13(17)18)5-11(10)16/h1-5,7H,6H2,(H,17,18). The molecule has 19 heavy (non-hydrogen) atoms. The number of nitrogens with zero attached hydrogens (tertiary/aromatic N) is 2. The third-order valence-electron chi connectivity index (χ3n) is 2.82. The number of imidazole rings is 1. The van der Waals surface area contributed by atoms with E-state index in [-0.39, 0.29) is 5.56 Å². The van der Waals surface area contributed by atoms with Crippen LogP contribution in [0.5, 0.6) is 0 Å². The molecule has 1 N–H and O–H groups in total. The molecule has 0 fully saturated rings. The van der Waals surface area contributed by atoms with Gasteiger partial charge in [-0.1, -0.05) is 0 Å². The maximum Gasteiger partial charge on any atom is 0.335 e. The molecule has 2 heterocycles. The molecule has 0 amide bonds. The number of rotatable bonds is 3. The molecule has 3 rings (SSSR count). The quantitative estimate of drug-likeness (QED) is 0.794. The van der Waals surface area contributed by atoms with Crippen molar-refractivity contribution in [1.82, 2.24) is 9.55 Å². The van der Waals surface area contributed by atoms with E-state index in [1.54, 1.807) is 35.9 Å². The Morgan fingerprint density at radius 3 is 2.89 bits per heavy atom. The van der Waals surface area contributed by atoms with Crippen LogP contribution in [0.1, 0.15) is 15.2 Å². The molecule has 3 aromatic rings. The Labute approximate surface area is 121 Å². The van der Waals surface area contributed by atoms with Crippen molar-refractivity contribution in [1.29, 1.82) is 0 Å². The van der Waals surface area contributed by atoms with Crippen molar-refractivity contribution < 1.29 is 9.90 Å². The van der Waals surface area contributed by atoms with E-state index in [2.05, 4.69) is 20.9 Å². The van der Waals surface area contributed by atoms with Crippen molar-refractivity contribution >= 4 is 44.3 Å². The van der Waals surface area contributed by atoms with Crippen LogP contribution in [0.2, 0.25) is 0 Å². The highest BCUT2D eigenvalue weighted by Crippen LogP contribution is 2.24. The minimum atomic E-state index is -0.923. The Hall–Kier alpha value is -1.66. The lowest BCUT2D eigenvalue weighted by Gasteiger charge is -2.02. The average Bonchev–Trinajstić information content (AvgIpc) is 2.96. The highest BCUT2D eigenvalue weighted by Gasteiger charge is 2.09. The largest absolute Gasteiger partial charge is 0.478 e. The molecule has 0 saturated heterocycles. The van der Waals surface area contributed by atoms with Gasteiger partial charge in [-0.25, -0.2) is 9.78 Å². The molecule has 0 atom stereocenters. The van der Waals surface area contributed by atoms with Gasteiger partial charge < -0.3 is 9.67 Å². The van der Waals surface area contributed by atoms with Gasteiger partial charge in [-0.05, 0) is 46.3 Å². The summed E-state index contributed by atoms with van der Waals surface area (Å²) in [6.07, 6.45) is 1.74. The van der Waals surface area contributed by atoms with Crippen LogP contribution in [0.15, 0.2) is 40.4 Å². The van der Waals surface area contributed by atoms with Gasteiger partial charge in [0.1, 0.15) is 0 Å². The minimum Gasteiger partial charge on any atom is -0.478 e. The van der Waals surface area contributed by atoms with E-state index >= 15 is 0 Å². The van der Waals surface area contributed by atoms with Crippen LogP contribution < -0.4 is 0 Å². The highest BCUT2D eigenvalue weighted by atomic mass is 79.9. The van der Waals surface area contributed by atoms with Gasteiger partial charge in [0.05, 0.1) is 33.3 Å². The summed E-state index contributed by atoms with van der Waals surface area (Å²) in [6.45, 7) is 0.690. The van der Waals surface area contributed by atoms with Crippen molar-refractivity contribution in [3.63, 3.8) is 0 Å². The van der Waals surface area contributed by atoms with E-state index in [1.807, 2.05) is 16.7 Å². The number of hydrogen-bond donors (Lipinski definition) is 1. The molecule has 2 aromatic heterocycles. The van der Waals surface area contributed by atoms with E-state index < -0.39 is 5.97 Å². The molecule has 0 aliphatic rings. The first kappa shape index (κ1) is 12.4. The number of carboxylic acid groups (broad SMARTS) is 1. The van der Waals surface area contributed by atoms with Gasteiger partial charge >= 0.3 is 5.97 Å². The number of halogens is 1. The Balaban J connectivity index is 2.03. The second kappa shape index (κ2) is 4.79. The van der Waals surface area contributed by atoms with Crippen molar-refractivity contribution in [3.8, 4) is 0 Å².